The van der Waals surface area contributed by atoms with E-state index in [0.717, 1.165) is 39.0 Å². The molecule has 148 valence electrons. The first-order valence-corrected chi connectivity index (χ1v) is 9.69. The van der Waals surface area contributed by atoms with Crippen molar-refractivity contribution in [1.82, 2.24) is 15.4 Å². The molecule has 2 aromatic rings. The van der Waals surface area contributed by atoms with Crippen LogP contribution in [-0.4, -0.2) is 42.1 Å². The maximum atomic E-state index is 13.1. The average molecular weight is 433 g/mol. The first kappa shape index (κ1) is 22.0. The van der Waals surface area contributed by atoms with Crippen LogP contribution in [0.5, 0.6) is 0 Å². The van der Waals surface area contributed by atoms with Crippen LogP contribution in [0.2, 0.25) is 10.0 Å². The smallest absolute Gasteiger partial charge is 0.259 e. The minimum atomic E-state index is -0.0726. The van der Waals surface area contributed by atoms with Gasteiger partial charge in [0.2, 0.25) is 0 Å². The number of hydrogen-bond acceptors (Lipinski definition) is 4. The van der Waals surface area contributed by atoms with Gasteiger partial charge in [-0.2, -0.15) is 0 Å². The number of piperidine rings is 1. The molecule has 0 aliphatic carbocycles. The summed E-state index contributed by atoms with van der Waals surface area (Å²) in [7, 11) is 0. The van der Waals surface area contributed by atoms with Gasteiger partial charge < -0.3 is 14.7 Å². The molecule has 0 saturated carbocycles. The molecule has 0 spiro atoms. The molecule has 27 heavy (non-hydrogen) atoms. The maximum absolute atomic E-state index is 13.1. The Kier molecular flexibility index (Phi) is 7.98. The molecule has 5 nitrogen and oxygen atoms in total. The predicted molar refractivity (Wildman–Crippen MR) is 111 cm³/mol. The third-order valence-corrected chi connectivity index (χ3v) is 5.49. The number of aromatic nitrogens is 1. The number of aryl methyl sites for hydroxylation is 1. The fourth-order valence-corrected chi connectivity index (χ4v) is 3.94. The summed E-state index contributed by atoms with van der Waals surface area (Å²) in [5.74, 6) is 1.02. The van der Waals surface area contributed by atoms with Crippen molar-refractivity contribution in [3.05, 3.63) is 39.6 Å². The predicted octanol–water partition coefficient (Wildman–Crippen LogP) is 4.84. The Hall–Kier alpha value is -1.27. The zero-order chi connectivity index (χ0) is 18.7. The number of halogens is 3. The molecular weight excluding hydrogens is 409 g/mol. The summed E-state index contributed by atoms with van der Waals surface area (Å²) in [6.45, 7) is 7.29. The number of nitrogens with zero attached hydrogens (tertiary/aromatic N) is 2. The molecule has 1 saturated heterocycles. The highest BCUT2D eigenvalue weighted by Crippen LogP contribution is 2.37. The van der Waals surface area contributed by atoms with Gasteiger partial charge in [-0.25, -0.2) is 0 Å². The lowest BCUT2D eigenvalue weighted by Crippen LogP contribution is -2.41. The number of carbonyl (C=O) groups excluding carboxylic acids is 1. The molecule has 2 heterocycles. The van der Waals surface area contributed by atoms with Gasteiger partial charge in [-0.1, -0.05) is 41.3 Å². The van der Waals surface area contributed by atoms with Gasteiger partial charge in [-0.05, 0) is 50.9 Å². The lowest BCUT2D eigenvalue weighted by atomic mass is 9.95. The number of likely N-dealkylation sites (tertiary alicyclic amines) is 1. The van der Waals surface area contributed by atoms with E-state index in [-0.39, 0.29) is 18.3 Å². The summed E-state index contributed by atoms with van der Waals surface area (Å²) in [5, 5.41) is 8.36. The molecular formula is C19H24Cl3N3O2. The third kappa shape index (κ3) is 4.77. The minimum Gasteiger partial charge on any atom is -0.360 e. The van der Waals surface area contributed by atoms with Gasteiger partial charge in [0.15, 0.2) is 0 Å². The first-order valence-electron chi connectivity index (χ1n) is 8.93. The number of carbonyl (C=O) groups is 1. The van der Waals surface area contributed by atoms with Crippen LogP contribution < -0.4 is 5.32 Å². The fourth-order valence-electron chi connectivity index (χ4n) is 3.37. The van der Waals surface area contributed by atoms with Gasteiger partial charge in [0, 0.05) is 18.7 Å². The van der Waals surface area contributed by atoms with Gasteiger partial charge in [0.1, 0.15) is 17.0 Å². The number of amides is 1. The van der Waals surface area contributed by atoms with Crippen LogP contribution in [0.3, 0.4) is 0 Å². The Bertz CT molecular complexity index is 766. The fraction of sp³-hybridized carbons (Fsp3) is 0.474. The molecule has 1 aromatic carbocycles. The Morgan fingerprint density at radius 1 is 1.30 bits per heavy atom. The summed E-state index contributed by atoms with van der Waals surface area (Å²) in [6, 6.07) is 5.22. The topological polar surface area (TPSA) is 58.4 Å². The lowest BCUT2D eigenvalue weighted by molar-refractivity contribution is 0.0689. The quantitative estimate of drug-likeness (QED) is 0.734. The van der Waals surface area contributed by atoms with E-state index >= 15 is 0 Å². The average Bonchev–Trinajstić information content (AvgIpc) is 3.01. The van der Waals surface area contributed by atoms with Crippen LogP contribution >= 0.6 is 35.6 Å². The van der Waals surface area contributed by atoms with Crippen molar-refractivity contribution in [2.24, 2.45) is 5.92 Å². The van der Waals surface area contributed by atoms with E-state index in [1.165, 1.54) is 0 Å². The van der Waals surface area contributed by atoms with E-state index in [2.05, 4.69) is 17.4 Å². The van der Waals surface area contributed by atoms with E-state index in [1.807, 2.05) is 4.90 Å². The number of nitrogens with one attached hydrogen (secondary N) is 1. The summed E-state index contributed by atoms with van der Waals surface area (Å²) in [4.78, 5) is 15.0. The largest absolute Gasteiger partial charge is 0.360 e. The van der Waals surface area contributed by atoms with Gasteiger partial charge in [0.05, 0.1) is 10.0 Å². The van der Waals surface area contributed by atoms with E-state index in [0.29, 0.717) is 38.5 Å². The summed E-state index contributed by atoms with van der Waals surface area (Å²) in [5.41, 5.74) is 1.40. The van der Waals surface area contributed by atoms with Crippen molar-refractivity contribution in [3.63, 3.8) is 0 Å². The SMILES string of the molecule is CCNCC1CCN(C(=O)c2c(-c3c(Cl)cccc3Cl)noc2C)CC1.Cl. The molecule has 0 radical (unpaired) electrons. The van der Waals surface area contributed by atoms with Gasteiger partial charge in [0.25, 0.3) is 5.91 Å². The van der Waals surface area contributed by atoms with Crippen molar-refractivity contribution >= 4 is 41.5 Å². The zero-order valence-corrected chi connectivity index (χ0v) is 17.8. The van der Waals surface area contributed by atoms with Gasteiger partial charge >= 0.3 is 0 Å². The summed E-state index contributed by atoms with van der Waals surface area (Å²) in [6.07, 6.45) is 1.98. The molecule has 1 amide bonds. The summed E-state index contributed by atoms with van der Waals surface area (Å²) < 4.78 is 5.32. The second kappa shape index (κ2) is 9.78. The van der Waals surface area contributed by atoms with Crippen LogP contribution in [-0.2, 0) is 0 Å². The van der Waals surface area contributed by atoms with Crippen LogP contribution in [0.1, 0.15) is 35.9 Å². The zero-order valence-electron chi connectivity index (χ0n) is 15.4. The highest BCUT2D eigenvalue weighted by Gasteiger charge is 2.30. The standard InChI is InChI=1S/C19H23Cl2N3O2.ClH/c1-3-22-11-13-7-9-24(10-8-13)19(25)16-12(2)26-23-18(16)17-14(20)5-4-6-15(17)21;/h4-6,13,22H,3,7-11H2,1-2H3;1H. The first-order chi connectivity index (χ1) is 12.5. The molecule has 8 heteroatoms. The van der Waals surface area contributed by atoms with Crippen molar-refractivity contribution in [2.45, 2.75) is 26.7 Å². The van der Waals surface area contributed by atoms with Crippen molar-refractivity contribution < 1.29 is 9.32 Å². The second-order valence-electron chi connectivity index (χ2n) is 6.60. The maximum Gasteiger partial charge on any atom is 0.259 e. The molecule has 0 bridgehead atoms. The normalized spacial score (nSPS) is 14.9. The van der Waals surface area contributed by atoms with Gasteiger partial charge in [-0.15, -0.1) is 12.4 Å². The monoisotopic (exact) mass is 431 g/mol. The lowest BCUT2D eigenvalue weighted by Gasteiger charge is -2.32. The Morgan fingerprint density at radius 2 is 1.93 bits per heavy atom. The molecule has 1 aliphatic heterocycles. The molecule has 1 fully saturated rings. The number of hydrogen-bond donors (Lipinski definition) is 1. The highest BCUT2D eigenvalue weighted by molar-refractivity contribution is 6.39. The van der Waals surface area contributed by atoms with E-state index < -0.39 is 0 Å². The second-order valence-corrected chi connectivity index (χ2v) is 7.42. The van der Waals surface area contributed by atoms with Crippen LogP contribution in [0, 0.1) is 12.8 Å². The van der Waals surface area contributed by atoms with E-state index in [1.54, 1.807) is 25.1 Å². The van der Waals surface area contributed by atoms with Crippen molar-refractivity contribution in [1.29, 1.82) is 0 Å². The number of rotatable bonds is 5. The summed E-state index contributed by atoms with van der Waals surface area (Å²) >= 11 is 12.6. The molecule has 0 atom stereocenters. The molecule has 1 N–H and O–H groups in total. The Labute approximate surface area is 175 Å². The van der Waals surface area contributed by atoms with Crippen molar-refractivity contribution in [3.8, 4) is 11.3 Å². The van der Waals surface area contributed by atoms with Gasteiger partial charge in [-0.3, -0.25) is 4.79 Å². The van der Waals surface area contributed by atoms with Crippen LogP contribution in [0.15, 0.2) is 22.7 Å². The van der Waals surface area contributed by atoms with Crippen molar-refractivity contribution in [2.75, 3.05) is 26.2 Å². The molecule has 1 aliphatic rings. The van der Waals surface area contributed by atoms with Crippen LogP contribution in [0.25, 0.3) is 11.3 Å². The molecule has 0 unspecified atom stereocenters. The van der Waals surface area contributed by atoms with Crippen LogP contribution in [0.4, 0.5) is 0 Å². The van der Waals surface area contributed by atoms with E-state index in [9.17, 15) is 4.79 Å². The molecule has 1 aromatic heterocycles. The highest BCUT2D eigenvalue weighted by atomic mass is 35.5. The number of benzene rings is 1. The minimum absolute atomic E-state index is 0. The van der Waals surface area contributed by atoms with E-state index in [4.69, 9.17) is 27.7 Å². The Balaban J connectivity index is 0.00000261. The third-order valence-electron chi connectivity index (χ3n) is 4.86. The molecule has 3 rings (SSSR count). The Morgan fingerprint density at radius 3 is 2.52 bits per heavy atom.